The Morgan fingerprint density at radius 3 is 2.92 bits per heavy atom. The maximum absolute atomic E-state index is 12.1. The lowest BCUT2D eigenvalue weighted by molar-refractivity contribution is -0.0136. The first-order valence-corrected chi connectivity index (χ1v) is 10.7. The van der Waals surface area contributed by atoms with Crippen LogP contribution in [0.3, 0.4) is 0 Å². The highest BCUT2D eigenvalue weighted by Gasteiger charge is 2.26. The lowest BCUT2D eigenvalue weighted by Crippen LogP contribution is -2.47. The zero-order valence-electron chi connectivity index (χ0n) is 15.4. The second-order valence-electron chi connectivity index (χ2n) is 6.77. The first-order valence-electron chi connectivity index (χ1n) is 9.34. The van der Waals surface area contributed by atoms with E-state index in [4.69, 9.17) is 9.73 Å². The van der Waals surface area contributed by atoms with Crippen molar-refractivity contribution in [3.8, 4) is 0 Å². The van der Waals surface area contributed by atoms with E-state index in [1.165, 1.54) is 0 Å². The minimum atomic E-state index is -0.690. The summed E-state index contributed by atoms with van der Waals surface area (Å²) < 4.78 is 17.9. The Labute approximate surface area is 149 Å². The molecule has 0 spiro atoms. The van der Waals surface area contributed by atoms with E-state index in [9.17, 15) is 4.21 Å². The van der Waals surface area contributed by atoms with Crippen LogP contribution in [0.2, 0.25) is 0 Å². The third-order valence-electron chi connectivity index (χ3n) is 4.76. The molecule has 0 bridgehead atoms. The number of aliphatic imine (C=N–C) groups is 1. The Morgan fingerprint density at radius 2 is 2.21 bits per heavy atom. The van der Waals surface area contributed by atoms with E-state index in [0.717, 1.165) is 63.6 Å². The summed E-state index contributed by atoms with van der Waals surface area (Å²) in [4.78, 5) is 7.01. The Bertz CT molecular complexity index is 433. The largest absolute Gasteiger partial charge is 0.374 e. The molecule has 0 amide bonds. The first-order chi connectivity index (χ1) is 11.6. The summed E-state index contributed by atoms with van der Waals surface area (Å²) in [6.45, 7) is 8.33. The van der Waals surface area contributed by atoms with Gasteiger partial charge in [-0.3, -0.25) is 9.20 Å². The second kappa shape index (κ2) is 10.4. The van der Waals surface area contributed by atoms with E-state index in [2.05, 4.69) is 29.5 Å². The second-order valence-corrected chi connectivity index (χ2v) is 8.78. The monoisotopic (exact) mass is 358 g/mol. The zero-order chi connectivity index (χ0) is 17.4. The Balaban J connectivity index is 1.87. The summed E-state index contributed by atoms with van der Waals surface area (Å²) in [6.07, 6.45) is 4.52. The van der Waals surface area contributed by atoms with E-state index in [0.29, 0.717) is 17.8 Å². The lowest BCUT2D eigenvalue weighted by atomic mass is 9.95. The molecule has 1 saturated carbocycles. The molecule has 0 aromatic carbocycles. The SMILES string of the molecule is CCNC(=NCC1CN(C)CCO1)NC1CCCC(S(=O)CC)C1. The summed E-state index contributed by atoms with van der Waals surface area (Å²) in [5.41, 5.74) is 0. The van der Waals surface area contributed by atoms with Crippen LogP contribution in [0.25, 0.3) is 0 Å². The van der Waals surface area contributed by atoms with Crippen molar-refractivity contribution in [3.05, 3.63) is 0 Å². The van der Waals surface area contributed by atoms with Gasteiger partial charge in [-0.05, 0) is 33.2 Å². The third-order valence-corrected chi connectivity index (χ3v) is 6.50. The van der Waals surface area contributed by atoms with Gasteiger partial charge < -0.3 is 20.3 Å². The number of hydrogen-bond donors (Lipinski definition) is 2. The van der Waals surface area contributed by atoms with Crippen molar-refractivity contribution in [3.63, 3.8) is 0 Å². The standard InChI is InChI=1S/C17H34N4O2S/c1-4-18-17(19-12-15-13-21(3)9-10-23-15)20-14-7-6-8-16(11-14)24(22)5-2/h14-16H,4-13H2,1-3H3,(H2,18,19,20). The van der Waals surface area contributed by atoms with Gasteiger partial charge in [-0.2, -0.15) is 0 Å². The van der Waals surface area contributed by atoms with Gasteiger partial charge in [-0.25, -0.2) is 0 Å². The van der Waals surface area contributed by atoms with Crippen molar-refractivity contribution in [2.75, 3.05) is 45.6 Å². The van der Waals surface area contributed by atoms with Crippen LogP contribution in [-0.2, 0) is 15.5 Å². The molecule has 0 aromatic rings. The molecule has 1 heterocycles. The number of ether oxygens (including phenoxy) is 1. The van der Waals surface area contributed by atoms with Crippen LogP contribution in [0.4, 0.5) is 0 Å². The third kappa shape index (κ3) is 6.33. The maximum atomic E-state index is 12.1. The molecule has 4 atom stereocenters. The van der Waals surface area contributed by atoms with E-state index >= 15 is 0 Å². The number of nitrogens with one attached hydrogen (secondary N) is 2. The number of likely N-dealkylation sites (N-methyl/N-ethyl adjacent to an activating group) is 1. The number of morpholine rings is 1. The number of nitrogens with zero attached hydrogens (tertiary/aromatic N) is 2. The van der Waals surface area contributed by atoms with E-state index in [1.807, 2.05) is 6.92 Å². The van der Waals surface area contributed by atoms with Gasteiger partial charge in [-0.1, -0.05) is 13.3 Å². The van der Waals surface area contributed by atoms with Crippen molar-refractivity contribution in [1.82, 2.24) is 15.5 Å². The molecule has 1 aliphatic carbocycles. The molecule has 0 radical (unpaired) electrons. The van der Waals surface area contributed by atoms with Gasteiger partial charge in [0.2, 0.25) is 0 Å². The normalized spacial score (nSPS) is 30.8. The number of rotatable bonds is 6. The van der Waals surface area contributed by atoms with E-state index in [-0.39, 0.29) is 6.10 Å². The fourth-order valence-corrected chi connectivity index (χ4v) is 4.78. The molecule has 2 N–H and O–H groups in total. The van der Waals surface area contributed by atoms with E-state index < -0.39 is 10.8 Å². The van der Waals surface area contributed by atoms with Gasteiger partial charge in [-0.15, -0.1) is 0 Å². The summed E-state index contributed by atoms with van der Waals surface area (Å²) in [7, 11) is 1.43. The zero-order valence-corrected chi connectivity index (χ0v) is 16.2. The molecule has 2 fully saturated rings. The van der Waals surface area contributed by atoms with Crippen molar-refractivity contribution in [2.45, 2.75) is 56.9 Å². The molecular weight excluding hydrogens is 324 g/mol. The average Bonchev–Trinajstić information content (AvgIpc) is 2.59. The minimum absolute atomic E-state index is 0.172. The van der Waals surface area contributed by atoms with Gasteiger partial charge in [0.25, 0.3) is 0 Å². The van der Waals surface area contributed by atoms with Crippen molar-refractivity contribution < 1.29 is 8.95 Å². The highest BCUT2D eigenvalue weighted by Crippen LogP contribution is 2.23. The predicted molar refractivity (Wildman–Crippen MR) is 101 cm³/mol. The van der Waals surface area contributed by atoms with Crippen LogP contribution < -0.4 is 10.6 Å². The predicted octanol–water partition coefficient (Wildman–Crippen LogP) is 0.952. The van der Waals surface area contributed by atoms with Crippen LogP contribution in [-0.4, -0.2) is 78.1 Å². The Kier molecular flexibility index (Phi) is 8.49. The van der Waals surface area contributed by atoms with E-state index in [1.54, 1.807) is 0 Å². The molecule has 7 heteroatoms. The van der Waals surface area contributed by atoms with Gasteiger partial charge in [0.1, 0.15) is 0 Å². The van der Waals surface area contributed by atoms with Crippen LogP contribution in [0.5, 0.6) is 0 Å². The van der Waals surface area contributed by atoms with Crippen molar-refractivity contribution in [2.24, 2.45) is 4.99 Å². The van der Waals surface area contributed by atoms with Crippen molar-refractivity contribution >= 4 is 16.8 Å². The highest BCUT2D eigenvalue weighted by atomic mass is 32.2. The molecule has 2 rings (SSSR count). The minimum Gasteiger partial charge on any atom is -0.374 e. The van der Waals surface area contributed by atoms with Gasteiger partial charge in [0, 0.05) is 47.5 Å². The van der Waals surface area contributed by atoms with Crippen LogP contribution >= 0.6 is 0 Å². The molecule has 1 saturated heterocycles. The Morgan fingerprint density at radius 1 is 1.38 bits per heavy atom. The molecule has 0 aromatic heterocycles. The maximum Gasteiger partial charge on any atom is 0.191 e. The number of guanidine groups is 1. The molecule has 24 heavy (non-hydrogen) atoms. The molecule has 140 valence electrons. The summed E-state index contributed by atoms with van der Waals surface area (Å²) in [6, 6.07) is 0.368. The Hall–Kier alpha value is -0.660. The molecular formula is C17H34N4O2S. The van der Waals surface area contributed by atoms with Gasteiger partial charge in [0.05, 0.1) is 19.3 Å². The van der Waals surface area contributed by atoms with Crippen LogP contribution in [0.1, 0.15) is 39.5 Å². The summed E-state index contributed by atoms with van der Waals surface area (Å²) >= 11 is 0. The van der Waals surface area contributed by atoms with Gasteiger partial charge >= 0.3 is 0 Å². The molecule has 1 aliphatic heterocycles. The fourth-order valence-electron chi connectivity index (χ4n) is 3.43. The smallest absolute Gasteiger partial charge is 0.191 e. The summed E-state index contributed by atoms with van der Waals surface area (Å²) in [5, 5.41) is 7.22. The van der Waals surface area contributed by atoms with Crippen LogP contribution in [0, 0.1) is 0 Å². The average molecular weight is 359 g/mol. The molecule has 2 aliphatic rings. The fraction of sp³-hybridized carbons (Fsp3) is 0.941. The molecule has 4 unspecified atom stereocenters. The van der Waals surface area contributed by atoms with Crippen molar-refractivity contribution in [1.29, 1.82) is 0 Å². The topological polar surface area (TPSA) is 66.0 Å². The summed E-state index contributed by atoms with van der Waals surface area (Å²) in [5.74, 6) is 1.63. The highest BCUT2D eigenvalue weighted by molar-refractivity contribution is 7.85. The van der Waals surface area contributed by atoms with Gasteiger partial charge in [0.15, 0.2) is 5.96 Å². The first kappa shape index (κ1) is 19.7. The quantitative estimate of drug-likeness (QED) is 0.547. The lowest BCUT2D eigenvalue weighted by Gasteiger charge is -2.31. The molecule has 6 nitrogen and oxygen atoms in total. The van der Waals surface area contributed by atoms with Crippen LogP contribution in [0.15, 0.2) is 4.99 Å². The number of hydrogen-bond acceptors (Lipinski definition) is 4.